The van der Waals surface area contributed by atoms with E-state index in [1.54, 1.807) is 6.20 Å². The predicted molar refractivity (Wildman–Crippen MR) is 133 cm³/mol. The van der Waals surface area contributed by atoms with Crippen LogP contribution in [-0.2, 0) is 25.7 Å². The molecule has 1 atom stereocenters. The molecule has 33 heavy (non-hydrogen) atoms. The summed E-state index contributed by atoms with van der Waals surface area (Å²) in [7, 11) is 0. The quantitative estimate of drug-likeness (QED) is 0.299. The number of nitrogens with one attached hydrogen (secondary N) is 2. The Balaban J connectivity index is 1.24. The van der Waals surface area contributed by atoms with Gasteiger partial charge in [0.1, 0.15) is 0 Å². The lowest BCUT2D eigenvalue weighted by molar-refractivity contribution is 0.176. The summed E-state index contributed by atoms with van der Waals surface area (Å²) in [5, 5.41) is 24.2. The number of para-hydroxylation sites is 1. The molecule has 5 heteroatoms. The van der Waals surface area contributed by atoms with Gasteiger partial charge in [0.15, 0.2) is 0 Å². The lowest BCUT2D eigenvalue weighted by Crippen LogP contribution is -2.00. The van der Waals surface area contributed by atoms with Gasteiger partial charge in [0, 0.05) is 41.3 Å². The van der Waals surface area contributed by atoms with Crippen LogP contribution in [-0.4, -0.2) is 26.8 Å². The van der Waals surface area contributed by atoms with E-state index in [-0.39, 0.29) is 6.61 Å². The Bertz CT molecular complexity index is 1280. The maximum Gasteiger partial charge on any atom is 0.0966 e. The standard InChI is InChI=1S/C28H31N3O2/c1-18-16-22(31-25-12-14-29-28-24(25)10-11-26(28)33)9-8-19(18)4-2-6-21-17-30-27-20(13-15-32)5-3-7-23(21)27/h3,5,7-9,12,14,16-17,26,30,32-33H,2,4,6,10-11,13,15H2,1H3,(H,29,31). The number of aliphatic hydroxyl groups excluding tert-OH is 2. The third-order valence-electron chi connectivity index (χ3n) is 6.85. The summed E-state index contributed by atoms with van der Waals surface area (Å²) < 4.78 is 0. The fraction of sp³-hybridized carbons (Fsp3) is 0.321. The number of aromatic amines is 1. The first-order valence-corrected chi connectivity index (χ1v) is 11.8. The number of rotatable bonds is 8. The number of H-pyrrole nitrogens is 1. The first-order valence-electron chi connectivity index (χ1n) is 11.8. The number of aromatic nitrogens is 2. The second-order valence-corrected chi connectivity index (χ2v) is 9.02. The van der Waals surface area contributed by atoms with Gasteiger partial charge in [-0.05, 0) is 91.5 Å². The summed E-state index contributed by atoms with van der Waals surface area (Å²) in [4.78, 5) is 7.77. The zero-order valence-corrected chi connectivity index (χ0v) is 19.1. The van der Waals surface area contributed by atoms with Crippen molar-refractivity contribution in [3.8, 4) is 0 Å². The molecule has 0 radical (unpaired) electrons. The van der Waals surface area contributed by atoms with Crippen LogP contribution in [0, 0.1) is 6.92 Å². The number of hydrogen-bond acceptors (Lipinski definition) is 4. The van der Waals surface area contributed by atoms with Crippen molar-refractivity contribution in [1.29, 1.82) is 0 Å². The van der Waals surface area contributed by atoms with E-state index in [0.717, 1.165) is 60.3 Å². The number of anilines is 2. The summed E-state index contributed by atoms with van der Waals surface area (Å²) in [6.07, 6.45) is 8.88. The van der Waals surface area contributed by atoms with Crippen molar-refractivity contribution >= 4 is 22.3 Å². The highest BCUT2D eigenvalue weighted by atomic mass is 16.3. The first kappa shape index (κ1) is 21.7. The molecule has 0 saturated heterocycles. The highest BCUT2D eigenvalue weighted by Crippen LogP contribution is 2.35. The van der Waals surface area contributed by atoms with Crippen molar-refractivity contribution in [1.82, 2.24) is 9.97 Å². The van der Waals surface area contributed by atoms with Gasteiger partial charge >= 0.3 is 0 Å². The van der Waals surface area contributed by atoms with Crippen molar-refractivity contribution in [2.24, 2.45) is 0 Å². The van der Waals surface area contributed by atoms with Gasteiger partial charge in [-0.1, -0.05) is 24.3 Å². The van der Waals surface area contributed by atoms with Gasteiger partial charge in [-0.15, -0.1) is 0 Å². The molecule has 2 aromatic carbocycles. The van der Waals surface area contributed by atoms with Crippen molar-refractivity contribution in [3.63, 3.8) is 0 Å². The van der Waals surface area contributed by atoms with Crippen LogP contribution in [0.3, 0.4) is 0 Å². The molecule has 1 aliphatic carbocycles. The van der Waals surface area contributed by atoms with Gasteiger partial charge in [0.25, 0.3) is 0 Å². The van der Waals surface area contributed by atoms with Crippen molar-refractivity contribution < 1.29 is 10.2 Å². The summed E-state index contributed by atoms with van der Waals surface area (Å²) >= 11 is 0. The van der Waals surface area contributed by atoms with E-state index >= 15 is 0 Å². The third-order valence-corrected chi connectivity index (χ3v) is 6.85. The van der Waals surface area contributed by atoms with Crippen LogP contribution >= 0.6 is 0 Å². The molecule has 0 saturated carbocycles. The first-order chi connectivity index (χ1) is 16.1. The number of aryl methyl sites for hydroxylation is 3. The second kappa shape index (κ2) is 9.38. The van der Waals surface area contributed by atoms with Crippen LogP contribution in [0.25, 0.3) is 10.9 Å². The van der Waals surface area contributed by atoms with Crippen molar-refractivity contribution in [3.05, 3.63) is 88.4 Å². The molecule has 0 spiro atoms. The fourth-order valence-electron chi connectivity index (χ4n) is 5.08. The van der Waals surface area contributed by atoms with E-state index in [0.29, 0.717) is 6.42 Å². The van der Waals surface area contributed by atoms with Crippen LogP contribution < -0.4 is 5.32 Å². The molecule has 0 aliphatic heterocycles. The van der Waals surface area contributed by atoms with Gasteiger partial charge in [-0.2, -0.15) is 0 Å². The summed E-state index contributed by atoms with van der Waals surface area (Å²) in [6.45, 7) is 2.34. The predicted octanol–water partition coefficient (Wildman–Crippen LogP) is 5.30. The van der Waals surface area contributed by atoms with Crippen LogP contribution in [0.15, 0.2) is 54.9 Å². The SMILES string of the molecule is Cc1cc(Nc2ccnc3c2CCC3O)ccc1CCCc1c[nH]c2c(CCO)cccc12. The van der Waals surface area contributed by atoms with Crippen molar-refractivity contribution in [2.75, 3.05) is 11.9 Å². The van der Waals surface area contributed by atoms with Gasteiger partial charge in [-0.25, -0.2) is 0 Å². The molecule has 170 valence electrons. The highest BCUT2D eigenvalue weighted by molar-refractivity contribution is 5.86. The number of aliphatic hydroxyl groups is 2. The Morgan fingerprint density at radius 1 is 1.06 bits per heavy atom. The Kier molecular flexibility index (Phi) is 6.16. The van der Waals surface area contributed by atoms with Gasteiger partial charge in [0.2, 0.25) is 0 Å². The maximum absolute atomic E-state index is 10.1. The minimum absolute atomic E-state index is 0.170. The topological polar surface area (TPSA) is 81.2 Å². The molecular weight excluding hydrogens is 410 g/mol. The molecular formula is C28H31N3O2. The Labute approximate surface area is 194 Å². The average molecular weight is 442 g/mol. The summed E-state index contributed by atoms with van der Waals surface area (Å²) in [5.41, 5.74) is 10.4. The Morgan fingerprint density at radius 2 is 1.94 bits per heavy atom. The molecule has 0 fully saturated rings. The molecule has 2 heterocycles. The molecule has 4 N–H and O–H groups in total. The molecule has 0 amide bonds. The van der Waals surface area contributed by atoms with Crippen molar-refractivity contribution in [2.45, 2.75) is 51.6 Å². The molecule has 5 nitrogen and oxygen atoms in total. The fourth-order valence-corrected chi connectivity index (χ4v) is 5.08. The second-order valence-electron chi connectivity index (χ2n) is 9.02. The summed E-state index contributed by atoms with van der Waals surface area (Å²) in [5.74, 6) is 0. The third kappa shape index (κ3) is 4.39. The minimum Gasteiger partial charge on any atom is -0.396 e. The summed E-state index contributed by atoms with van der Waals surface area (Å²) in [6, 6.07) is 14.9. The lowest BCUT2D eigenvalue weighted by atomic mass is 9.99. The van der Waals surface area contributed by atoms with E-state index in [1.165, 1.54) is 27.6 Å². The number of benzene rings is 2. The maximum atomic E-state index is 10.1. The minimum atomic E-state index is -0.440. The molecule has 5 rings (SSSR count). The van der Waals surface area contributed by atoms with Gasteiger partial charge in [0.05, 0.1) is 11.8 Å². The van der Waals surface area contributed by atoms with E-state index in [1.807, 2.05) is 6.07 Å². The van der Waals surface area contributed by atoms with E-state index in [4.69, 9.17) is 0 Å². The zero-order valence-electron chi connectivity index (χ0n) is 19.1. The number of pyridine rings is 1. The van der Waals surface area contributed by atoms with Crippen LogP contribution in [0.1, 0.15) is 52.5 Å². The lowest BCUT2D eigenvalue weighted by Gasteiger charge is -2.13. The molecule has 1 aliphatic rings. The van der Waals surface area contributed by atoms with Gasteiger partial charge < -0.3 is 20.5 Å². The van der Waals surface area contributed by atoms with Crippen LogP contribution in [0.5, 0.6) is 0 Å². The van der Waals surface area contributed by atoms with E-state index in [9.17, 15) is 10.2 Å². The van der Waals surface area contributed by atoms with E-state index < -0.39 is 6.10 Å². The number of fused-ring (bicyclic) bond motifs is 2. The van der Waals surface area contributed by atoms with Crippen LogP contribution in [0.4, 0.5) is 11.4 Å². The zero-order chi connectivity index (χ0) is 22.8. The average Bonchev–Trinajstić information content (AvgIpc) is 3.41. The van der Waals surface area contributed by atoms with E-state index in [2.05, 4.69) is 64.8 Å². The number of nitrogens with zero attached hydrogens (tertiary/aromatic N) is 1. The normalized spacial score (nSPS) is 15.2. The Hall–Kier alpha value is -3.15. The number of hydrogen-bond donors (Lipinski definition) is 4. The highest BCUT2D eigenvalue weighted by Gasteiger charge is 2.24. The molecule has 1 unspecified atom stereocenters. The smallest absolute Gasteiger partial charge is 0.0966 e. The largest absolute Gasteiger partial charge is 0.396 e. The monoisotopic (exact) mass is 441 g/mol. The van der Waals surface area contributed by atoms with Gasteiger partial charge in [-0.3, -0.25) is 4.98 Å². The van der Waals surface area contributed by atoms with Crippen LogP contribution in [0.2, 0.25) is 0 Å². The molecule has 0 bridgehead atoms. The Morgan fingerprint density at radius 3 is 2.79 bits per heavy atom. The molecule has 4 aromatic rings. The molecule has 2 aromatic heterocycles.